The Bertz CT molecular complexity index is 646. The van der Waals surface area contributed by atoms with Crippen molar-refractivity contribution in [2.24, 2.45) is 0 Å². The van der Waals surface area contributed by atoms with E-state index < -0.39 is 0 Å². The molecule has 0 radical (unpaired) electrons. The number of rotatable bonds is 5. The number of ether oxygens (including phenoxy) is 1. The van der Waals surface area contributed by atoms with Gasteiger partial charge in [0, 0.05) is 23.7 Å². The number of hydrogen-bond acceptors (Lipinski definition) is 2. The van der Waals surface area contributed by atoms with Gasteiger partial charge in [-0.1, -0.05) is 36.2 Å². The minimum Gasteiger partial charge on any atom is -0.495 e. The third kappa shape index (κ3) is 3.67. The van der Waals surface area contributed by atoms with Gasteiger partial charge in [0.2, 0.25) is 0 Å². The summed E-state index contributed by atoms with van der Waals surface area (Å²) in [6.07, 6.45) is 0. The molecule has 0 unspecified atom stereocenters. The van der Waals surface area contributed by atoms with Crippen LogP contribution in [0.15, 0.2) is 30.3 Å². The van der Waals surface area contributed by atoms with Crippen molar-refractivity contribution in [3.05, 3.63) is 51.8 Å². The highest BCUT2D eigenvalue weighted by molar-refractivity contribution is 6.36. The fourth-order valence-electron chi connectivity index (χ4n) is 2.04. The lowest BCUT2D eigenvalue weighted by atomic mass is 10.0. The molecule has 0 fully saturated rings. The predicted molar refractivity (Wildman–Crippen MR) is 85.8 cm³/mol. The molecule has 0 bridgehead atoms. The van der Waals surface area contributed by atoms with Gasteiger partial charge in [0.15, 0.2) is 0 Å². The first-order valence-electron chi connectivity index (χ1n) is 6.59. The lowest BCUT2D eigenvalue weighted by molar-refractivity contribution is 0.415. The monoisotopic (exact) mass is 327 g/mol. The molecule has 0 aliphatic heterocycles. The van der Waals surface area contributed by atoms with Crippen LogP contribution in [0.2, 0.25) is 10.0 Å². The molecule has 0 saturated heterocycles. The molecule has 21 heavy (non-hydrogen) atoms. The van der Waals surface area contributed by atoms with E-state index in [1.54, 1.807) is 24.3 Å². The first-order valence-corrected chi connectivity index (χ1v) is 7.35. The van der Waals surface area contributed by atoms with Gasteiger partial charge < -0.3 is 10.1 Å². The summed E-state index contributed by atoms with van der Waals surface area (Å²) in [7, 11) is 1.53. The molecule has 0 spiro atoms. The second-order valence-electron chi connectivity index (χ2n) is 4.55. The molecule has 112 valence electrons. The van der Waals surface area contributed by atoms with Crippen molar-refractivity contribution in [2.75, 3.05) is 13.7 Å². The standard InChI is InChI=1S/C16H16Cl2FNO/c1-3-20-9-11-6-10(4-5-15(11)19)12-7-14(18)16(21-2)8-13(12)17/h4-8,20H,3,9H2,1-2H3. The number of methoxy groups -OCH3 is 1. The molecule has 0 amide bonds. The maximum Gasteiger partial charge on any atom is 0.138 e. The third-order valence-electron chi connectivity index (χ3n) is 3.16. The predicted octanol–water partition coefficient (Wildman–Crippen LogP) is 4.92. The molecule has 0 aromatic heterocycles. The number of halogens is 3. The van der Waals surface area contributed by atoms with Gasteiger partial charge in [-0.2, -0.15) is 0 Å². The van der Waals surface area contributed by atoms with Crippen LogP contribution in [0.3, 0.4) is 0 Å². The van der Waals surface area contributed by atoms with Gasteiger partial charge in [-0.3, -0.25) is 0 Å². The second kappa shape index (κ2) is 7.12. The lowest BCUT2D eigenvalue weighted by Gasteiger charge is -2.11. The summed E-state index contributed by atoms with van der Waals surface area (Å²) in [6.45, 7) is 3.22. The Morgan fingerprint density at radius 1 is 1.14 bits per heavy atom. The Labute approximate surface area is 133 Å². The first kappa shape index (κ1) is 16.1. The van der Waals surface area contributed by atoms with Crippen molar-refractivity contribution in [1.29, 1.82) is 0 Å². The molecule has 0 atom stereocenters. The summed E-state index contributed by atoms with van der Waals surface area (Å²) in [4.78, 5) is 0. The van der Waals surface area contributed by atoms with E-state index in [1.165, 1.54) is 13.2 Å². The van der Waals surface area contributed by atoms with Crippen LogP contribution < -0.4 is 10.1 Å². The van der Waals surface area contributed by atoms with E-state index in [9.17, 15) is 4.39 Å². The van der Waals surface area contributed by atoms with Crippen molar-refractivity contribution in [3.63, 3.8) is 0 Å². The van der Waals surface area contributed by atoms with Crippen molar-refractivity contribution >= 4 is 23.2 Å². The largest absolute Gasteiger partial charge is 0.495 e. The molecule has 0 saturated carbocycles. The van der Waals surface area contributed by atoms with Crippen LogP contribution in [0.25, 0.3) is 11.1 Å². The minimum absolute atomic E-state index is 0.240. The van der Waals surface area contributed by atoms with Gasteiger partial charge >= 0.3 is 0 Å². The van der Waals surface area contributed by atoms with Gasteiger partial charge in [0.25, 0.3) is 0 Å². The van der Waals surface area contributed by atoms with E-state index in [-0.39, 0.29) is 5.82 Å². The van der Waals surface area contributed by atoms with Crippen LogP contribution >= 0.6 is 23.2 Å². The second-order valence-corrected chi connectivity index (χ2v) is 5.37. The normalized spacial score (nSPS) is 10.7. The fourth-order valence-corrected chi connectivity index (χ4v) is 2.55. The SMILES string of the molecule is CCNCc1cc(-c2cc(Cl)c(OC)cc2Cl)ccc1F. The molecule has 0 aliphatic carbocycles. The van der Waals surface area contributed by atoms with E-state index >= 15 is 0 Å². The Hall–Kier alpha value is -1.29. The topological polar surface area (TPSA) is 21.3 Å². The van der Waals surface area contributed by atoms with Crippen molar-refractivity contribution < 1.29 is 9.13 Å². The summed E-state index contributed by atoms with van der Waals surface area (Å²) >= 11 is 12.4. The average Bonchev–Trinajstić information content (AvgIpc) is 2.48. The Morgan fingerprint density at radius 2 is 1.90 bits per heavy atom. The highest BCUT2D eigenvalue weighted by Gasteiger charge is 2.11. The number of hydrogen-bond donors (Lipinski definition) is 1. The molecule has 0 aliphatic rings. The molecule has 0 heterocycles. The molecule has 2 aromatic rings. The fraction of sp³-hybridized carbons (Fsp3) is 0.250. The number of benzene rings is 2. The zero-order valence-corrected chi connectivity index (χ0v) is 13.4. The van der Waals surface area contributed by atoms with Crippen LogP contribution in [0, 0.1) is 5.82 Å². The van der Waals surface area contributed by atoms with E-state index in [0.29, 0.717) is 27.9 Å². The molecule has 1 N–H and O–H groups in total. The van der Waals surface area contributed by atoms with Crippen LogP contribution in [0.1, 0.15) is 12.5 Å². The van der Waals surface area contributed by atoms with Crippen LogP contribution in [0.4, 0.5) is 4.39 Å². The smallest absolute Gasteiger partial charge is 0.138 e. The molecular weight excluding hydrogens is 312 g/mol. The van der Waals surface area contributed by atoms with E-state index in [1.807, 2.05) is 6.92 Å². The zero-order chi connectivity index (χ0) is 15.4. The van der Waals surface area contributed by atoms with Crippen molar-refractivity contribution in [3.8, 4) is 16.9 Å². The highest BCUT2D eigenvalue weighted by atomic mass is 35.5. The Balaban J connectivity index is 2.44. The van der Waals surface area contributed by atoms with Gasteiger partial charge in [0.05, 0.1) is 17.2 Å². The molecule has 2 nitrogen and oxygen atoms in total. The maximum atomic E-state index is 13.8. The minimum atomic E-state index is -0.240. The summed E-state index contributed by atoms with van der Waals surface area (Å²) < 4.78 is 18.9. The van der Waals surface area contributed by atoms with Gasteiger partial charge in [0.1, 0.15) is 11.6 Å². The summed E-state index contributed by atoms with van der Waals surface area (Å²) in [5.41, 5.74) is 2.16. The van der Waals surface area contributed by atoms with Crippen LogP contribution in [-0.2, 0) is 6.54 Å². The lowest BCUT2D eigenvalue weighted by Crippen LogP contribution is -2.12. The Morgan fingerprint density at radius 3 is 2.57 bits per heavy atom. The van der Waals surface area contributed by atoms with Crippen LogP contribution in [-0.4, -0.2) is 13.7 Å². The van der Waals surface area contributed by atoms with Gasteiger partial charge in [-0.15, -0.1) is 0 Å². The van der Waals surface area contributed by atoms with Gasteiger partial charge in [-0.25, -0.2) is 4.39 Å². The number of nitrogens with one attached hydrogen (secondary N) is 1. The summed E-state index contributed by atoms with van der Waals surface area (Å²) in [6, 6.07) is 8.30. The van der Waals surface area contributed by atoms with E-state index in [0.717, 1.165) is 17.7 Å². The maximum absolute atomic E-state index is 13.8. The highest BCUT2D eigenvalue weighted by Crippen LogP contribution is 2.37. The molecular formula is C16H16Cl2FNO. The van der Waals surface area contributed by atoms with Crippen molar-refractivity contribution in [1.82, 2.24) is 5.32 Å². The molecule has 2 rings (SSSR count). The zero-order valence-electron chi connectivity index (χ0n) is 11.8. The Kier molecular flexibility index (Phi) is 5.45. The first-order chi connectivity index (χ1) is 10.1. The summed E-state index contributed by atoms with van der Waals surface area (Å²) in [5, 5.41) is 4.09. The molecule has 2 aromatic carbocycles. The van der Waals surface area contributed by atoms with Crippen LogP contribution in [0.5, 0.6) is 5.75 Å². The molecule has 5 heteroatoms. The van der Waals surface area contributed by atoms with Crippen molar-refractivity contribution in [2.45, 2.75) is 13.5 Å². The van der Waals surface area contributed by atoms with E-state index in [2.05, 4.69) is 5.32 Å². The quantitative estimate of drug-likeness (QED) is 0.841. The summed E-state index contributed by atoms with van der Waals surface area (Å²) in [5.74, 6) is 0.274. The van der Waals surface area contributed by atoms with E-state index in [4.69, 9.17) is 27.9 Å². The van der Waals surface area contributed by atoms with Gasteiger partial charge in [-0.05, 0) is 30.3 Å². The third-order valence-corrected chi connectivity index (χ3v) is 3.77. The average molecular weight is 328 g/mol.